The van der Waals surface area contributed by atoms with Gasteiger partial charge in [0.05, 0.1) is 18.6 Å². The molecule has 1 heterocycles. The lowest BCUT2D eigenvalue weighted by Crippen LogP contribution is -2.37. The Morgan fingerprint density at radius 3 is 2.90 bits per heavy atom. The molecule has 1 aromatic rings. The summed E-state index contributed by atoms with van der Waals surface area (Å²) in [5.41, 5.74) is -0.111. The number of nitrogens with one attached hydrogen (secondary N) is 1. The van der Waals surface area contributed by atoms with E-state index in [1.165, 1.54) is 30.2 Å². The molecule has 2 rings (SSSR count). The summed E-state index contributed by atoms with van der Waals surface area (Å²) >= 11 is 0. The van der Waals surface area contributed by atoms with E-state index in [0.717, 1.165) is 0 Å². The van der Waals surface area contributed by atoms with Gasteiger partial charge in [0.15, 0.2) is 5.75 Å². The summed E-state index contributed by atoms with van der Waals surface area (Å²) in [6.45, 7) is 0.904. The van der Waals surface area contributed by atoms with Crippen LogP contribution in [0.25, 0.3) is 0 Å². The summed E-state index contributed by atoms with van der Waals surface area (Å²) in [5.74, 6) is -0.549. The van der Waals surface area contributed by atoms with Gasteiger partial charge in [-0.05, 0) is 18.6 Å². The van der Waals surface area contributed by atoms with Gasteiger partial charge < -0.3 is 15.0 Å². The molecule has 0 atom stereocenters. The second-order valence-electron chi connectivity index (χ2n) is 4.57. The van der Waals surface area contributed by atoms with Gasteiger partial charge in [-0.15, -0.1) is 0 Å². The lowest BCUT2D eigenvalue weighted by molar-refractivity contribution is -0.385. The maximum absolute atomic E-state index is 12.4. The third kappa shape index (κ3) is 3.28. The molecule has 0 saturated carbocycles. The molecular weight excluding hydrogens is 278 g/mol. The highest BCUT2D eigenvalue weighted by molar-refractivity contribution is 5.97. The molecule has 8 nitrogen and oxygen atoms in total. The first-order valence-electron chi connectivity index (χ1n) is 6.41. The van der Waals surface area contributed by atoms with E-state index in [1.54, 1.807) is 0 Å². The molecule has 1 aliphatic heterocycles. The van der Waals surface area contributed by atoms with Crippen LogP contribution < -0.4 is 10.1 Å². The number of carbonyl (C=O) groups is 2. The molecule has 0 spiro atoms. The molecule has 1 saturated heterocycles. The van der Waals surface area contributed by atoms with Gasteiger partial charge in [-0.1, -0.05) is 0 Å². The van der Waals surface area contributed by atoms with Gasteiger partial charge in [-0.3, -0.25) is 19.7 Å². The maximum Gasteiger partial charge on any atom is 0.311 e. The second kappa shape index (κ2) is 6.21. The topological polar surface area (TPSA) is 102 Å². The van der Waals surface area contributed by atoms with Crippen molar-refractivity contribution in [1.82, 2.24) is 10.2 Å². The van der Waals surface area contributed by atoms with Gasteiger partial charge in [0.25, 0.3) is 5.91 Å². The standard InChI is InChI=1S/C13H15N3O5/c1-21-11-4-3-9(7-10(11)16(19)20)13(18)15-6-2-5-14-12(17)8-15/h3-4,7H,2,5-6,8H2,1H3,(H,14,17). The summed E-state index contributed by atoms with van der Waals surface area (Å²) < 4.78 is 4.89. The molecule has 8 heteroatoms. The van der Waals surface area contributed by atoms with Gasteiger partial charge in [-0.25, -0.2) is 0 Å². The van der Waals surface area contributed by atoms with E-state index in [9.17, 15) is 19.7 Å². The van der Waals surface area contributed by atoms with E-state index >= 15 is 0 Å². The summed E-state index contributed by atoms with van der Waals surface area (Å²) in [5, 5.41) is 13.6. The Morgan fingerprint density at radius 1 is 1.48 bits per heavy atom. The number of nitrogens with zero attached hydrogens (tertiary/aromatic N) is 2. The Balaban J connectivity index is 2.28. The monoisotopic (exact) mass is 293 g/mol. The van der Waals surface area contributed by atoms with Crippen LogP contribution in [0.4, 0.5) is 5.69 Å². The van der Waals surface area contributed by atoms with Crippen molar-refractivity contribution in [3.05, 3.63) is 33.9 Å². The summed E-state index contributed by atoms with van der Waals surface area (Å²) in [4.78, 5) is 35.6. The molecular formula is C13H15N3O5. The number of benzene rings is 1. The van der Waals surface area contributed by atoms with E-state index in [2.05, 4.69) is 5.32 Å². The van der Waals surface area contributed by atoms with Gasteiger partial charge >= 0.3 is 5.69 Å². The van der Waals surface area contributed by atoms with Gasteiger partial charge in [0.2, 0.25) is 5.91 Å². The number of hydrogen-bond acceptors (Lipinski definition) is 5. The molecule has 1 aliphatic rings. The fraction of sp³-hybridized carbons (Fsp3) is 0.385. The largest absolute Gasteiger partial charge is 0.490 e. The summed E-state index contributed by atoms with van der Waals surface area (Å²) in [7, 11) is 1.32. The van der Waals surface area contributed by atoms with Crippen LogP contribution in [0, 0.1) is 10.1 Å². The number of rotatable bonds is 3. The van der Waals surface area contributed by atoms with Crippen LogP contribution in [-0.4, -0.2) is 48.4 Å². The van der Waals surface area contributed by atoms with Crippen molar-refractivity contribution in [3.63, 3.8) is 0 Å². The molecule has 112 valence electrons. The lowest BCUT2D eigenvalue weighted by Gasteiger charge is -2.19. The molecule has 1 aromatic carbocycles. The number of nitro groups is 1. The zero-order valence-electron chi connectivity index (χ0n) is 11.5. The van der Waals surface area contributed by atoms with Crippen molar-refractivity contribution in [2.75, 3.05) is 26.7 Å². The average molecular weight is 293 g/mol. The highest BCUT2D eigenvalue weighted by Gasteiger charge is 2.24. The molecule has 0 radical (unpaired) electrons. The zero-order valence-corrected chi connectivity index (χ0v) is 11.5. The van der Waals surface area contributed by atoms with Crippen molar-refractivity contribution in [3.8, 4) is 5.75 Å². The molecule has 0 unspecified atom stereocenters. The van der Waals surface area contributed by atoms with Crippen molar-refractivity contribution < 1.29 is 19.2 Å². The summed E-state index contributed by atoms with van der Waals surface area (Å²) in [6.07, 6.45) is 0.649. The van der Waals surface area contributed by atoms with E-state index < -0.39 is 10.8 Å². The molecule has 21 heavy (non-hydrogen) atoms. The van der Waals surface area contributed by atoms with Gasteiger partial charge in [-0.2, -0.15) is 0 Å². The van der Waals surface area contributed by atoms with Crippen molar-refractivity contribution in [1.29, 1.82) is 0 Å². The normalized spacial score (nSPS) is 15.1. The first-order valence-corrected chi connectivity index (χ1v) is 6.41. The van der Waals surface area contributed by atoms with Crippen LogP contribution in [0.3, 0.4) is 0 Å². The fourth-order valence-electron chi connectivity index (χ4n) is 2.13. The second-order valence-corrected chi connectivity index (χ2v) is 4.57. The van der Waals surface area contributed by atoms with E-state index in [0.29, 0.717) is 19.5 Å². The molecule has 2 amide bonds. The number of carbonyl (C=O) groups excluding carboxylic acids is 2. The zero-order chi connectivity index (χ0) is 15.4. The number of amides is 2. The Hall–Kier alpha value is -2.64. The molecule has 0 aliphatic carbocycles. The molecule has 0 bridgehead atoms. The number of methoxy groups -OCH3 is 1. The minimum Gasteiger partial charge on any atom is -0.490 e. The van der Waals surface area contributed by atoms with E-state index in [-0.39, 0.29) is 29.5 Å². The quantitative estimate of drug-likeness (QED) is 0.648. The number of ether oxygens (including phenoxy) is 1. The highest BCUT2D eigenvalue weighted by Crippen LogP contribution is 2.28. The fourth-order valence-corrected chi connectivity index (χ4v) is 2.13. The Morgan fingerprint density at radius 2 is 2.24 bits per heavy atom. The lowest BCUT2D eigenvalue weighted by atomic mass is 10.1. The van der Waals surface area contributed by atoms with Crippen molar-refractivity contribution in [2.45, 2.75) is 6.42 Å². The van der Waals surface area contributed by atoms with Crippen LogP contribution in [0.15, 0.2) is 18.2 Å². The third-order valence-electron chi connectivity index (χ3n) is 3.17. The smallest absolute Gasteiger partial charge is 0.311 e. The van der Waals surface area contributed by atoms with Crippen LogP contribution >= 0.6 is 0 Å². The number of nitro benzene ring substituents is 1. The first kappa shape index (κ1) is 14.8. The summed E-state index contributed by atoms with van der Waals surface area (Å²) in [6, 6.07) is 4.00. The van der Waals surface area contributed by atoms with Crippen molar-refractivity contribution in [2.24, 2.45) is 0 Å². The Bertz CT molecular complexity index is 587. The minimum atomic E-state index is -0.606. The third-order valence-corrected chi connectivity index (χ3v) is 3.17. The first-order chi connectivity index (χ1) is 10.0. The van der Waals surface area contributed by atoms with E-state index in [1.807, 2.05) is 0 Å². The van der Waals surface area contributed by atoms with Gasteiger partial charge in [0.1, 0.15) is 0 Å². The predicted molar refractivity (Wildman–Crippen MR) is 73.2 cm³/mol. The molecule has 1 fully saturated rings. The SMILES string of the molecule is COc1ccc(C(=O)N2CCCNC(=O)C2)cc1[N+](=O)[O-]. The van der Waals surface area contributed by atoms with Crippen LogP contribution in [0.5, 0.6) is 5.75 Å². The highest BCUT2D eigenvalue weighted by atomic mass is 16.6. The van der Waals surface area contributed by atoms with Crippen LogP contribution in [0.2, 0.25) is 0 Å². The van der Waals surface area contributed by atoms with Gasteiger partial charge in [0, 0.05) is 24.7 Å². The minimum absolute atomic E-state index is 0.0430. The number of hydrogen-bond donors (Lipinski definition) is 1. The predicted octanol–water partition coefficient (Wildman–Crippen LogP) is 0.566. The molecule has 1 N–H and O–H groups in total. The van der Waals surface area contributed by atoms with Crippen molar-refractivity contribution >= 4 is 17.5 Å². The Kier molecular flexibility index (Phi) is 4.36. The average Bonchev–Trinajstić information content (AvgIpc) is 2.70. The van der Waals surface area contributed by atoms with Crippen LogP contribution in [0.1, 0.15) is 16.8 Å². The maximum atomic E-state index is 12.4. The van der Waals surface area contributed by atoms with Crippen LogP contribution in [-0.2, 0) is 4.79 Å². The van der Waals surface area contributed by atoms with E-state index in [4.69, 9.17) is 4.74 Å². The molecule has 0 aromatic heterocycles. The Labute approximate surface area is 120 Å².